The van der Waals surface area contributed by atoms with E-state index in [1.807, 2.05) is 13.8 Å². The standard InChI is InChI=1S/C7H10Cl3NO2/c1-4-6(2,13-4)3-12-5(11)7(8,9)10/h4,11H,3H2,1-2H3/t4-,6-/m0/s1. The summed E-state index contributed by atoms with van der Waals surface area (Å²) in [6, 6.07) is 0. The van der Waals surface area contributed by atoms with Gasteiger partial charge in [0, 0.05) is 0 Å². The van der Waals surface area contributed by atoms with E-state index in [4.69, 9.17) is 49.7 Å². The molecule has 0 aromatic carbocycles. The fraction of sp³-hybridized carbons (Fsp3) is 0.857. The van der Waals surface area contributed by atoms with Crippen molar-refractivity contribution in [2.45, 2.75) is 29.3 Å². The summed E-state index contributed by atoms with van der Waals surface area (Å²) < 4.78 is 8.40. The Hall–Kier alpha value is 0.300. The van der Waals surface area contributed by atoms with Gasteiger partial charge < -0.3 is 9.47 Å². The number of alkyl halides is 3. The second kappa shape index (κ2) is 3.46. The second-order valence-electron chi connectivity index (χ2n) is 3.19. The van der Waals surface area contributed by atoms with Gasteiger partial charge in [0.1, 0.15) is 12.2 Å². The summed E-state index contributed by atoms with van der Waals surface area (Å²) in [6.45, 7) is 4.03. The third-order valence-electron chi connectivity index (χ3n) is 2.01. The Morgan fingerprint density at radius 3 is 2.38 bits per heavy atom. The molecule has 0 saturated carbocycles. The van der Waals surface area contributed by atoms with E-state index in [1.165, 1.54) is 0 Å². The van der Waals surface area contributed by atoms with E-state index in [2.05, 4.69) is 0 Å². The Morgan fingerprint density at radius 1 is 1.62 bits per heavy atom. The summed E-state index contributed by atoms with van der Waals surface area (Å²) in [5.41, 5.74) is -0.331. The van der Waals surface area contributed by atoms with Crippen LogP contribution in [0.1, 0.15) is 13.8 Å². The number of rotatable bonds is 2. The molecule has 1 N–H and O–H groups in total. The van der Waals surface area contributed by atoms with E-state index in [9.17, 15) is 0 Å². The lowest BCUT2D eigenvalue weighted by Gasteiger charge is -2.15. The van der Waals surface area contributed by atoms with Crippen LogP contribution in [0, 0.1) is 5.41 Å². The molecular weight excluding hydrogens is 236 g/mol. The van der Waals surface area contributed by atoms with Crippen molar-refractivity contribution >= 4 is 40.7 Å². The Kier molecular flexibility index (Phi) is 3.03. The molecule has 0 unspecified atom stereocenters. The summed E-state index contributed by atoms with van der Waals surface area (Å²) in [7, 11) is 0. The molecule has 1 rings (SSSR count). The third-order valence-corrected chi connectivity index (χ3v) is 2.52. The normalized spacial score (nSPS) is 32.8. The van der Waals surface area contributed by atoms with Gasteiger partial charge in [-0.3, -0.25) is 5.41 Å². The van der Waals surface area contributed by atoms with Crippen molar-refractivity contribution in [2.24, 2.45) is 0 Å². The molecular formula is C7H10Cl3NO2. The number of ether oxygens (including phenoxy) is 2. The Balaban J connectivity index is 2.32. The molecule has 0 aromatic heterocycles. The van der Waals surface area contributed by atoms with Crippen LogP contribution >= 0.6 is 34.8 Å². The van der Waals surface area contributed by atoms with Gasteiger partial charge >= 0.3 is 0 Å². The average Bonchev–Trinajstić information content (AvgIpc) is 2.54. The quantitative estimate of drug-likeness (QED) is 0.352. The van der Waals surface area contributed by atoms with Crippen LogP contribution in [0.3, 0.4) is 0 Å². The van der Waals surface area contributed by atoms with Crippen LogP contribution in [0.15, 0.2) is 0 Å². The minimum absolute atomic E-state index is 0.135. The number of halogens is 3. The molecule has 1 aliphatic heterocycles. The highest BCUT2D eigenvalue weighted by atomic mass is 35.6. The van der Waals surface area contributed by atoms with E-state index in [-0.39, 0.29) is 24.2 Å². The highest BCUT2D eigenvalue weighted by Crippen LogP contribution is 2.36. The van der Waals surface area contributed by atoms with E-state index in [0.29, 0.717) is 0 Å². The number of hydrogen-bond acceptors (Lipinski definition) is 3. The van der Waals surface area contributed by atoms with Crippen LogP contribution in [0.4, 0.5) is 0 Å². The molecule has 6 heteroatoms. The lowest BCUT2D eigenvalue weighted by Crippen LogP contribution is -2.27. The fourth-order valence-corrected chi connectivity index (χ4v) is 0.982. The molecule has 1 saturated heterocycles. The molecule has 3 nitrogen and oxygen atoms in total. The lowest BCUT2D eigenvalue weighted by atomic mass is 10.1. The lowest BCUT2D eigenvalue weighted by molar-refractivity contribution is 0.189. The van der Waals surface area contributed by atoms with Crippen molar-refractivity contribution in [1.82, 2.24) is 0 Å². The number of hydrogen-bond donors (Lipinski definition) is 1. The van der Waals surface area contributed by atoms with Crippen molar-refractivity contribution < 1.29 is 9.47 Å². The summed E-state index contributed by atoms with van der Waals surface area (Å²) >= 11 is 16.2. The topological polar surface area (TPSA) is 45.6 Å². The van der Waals surface area contributed by atoms with Crippen LogP contribution in [-0.4, -0.2) is 28.0 Å². The van der Waals surface area contributed by atoms with Crippen LogP contribution in [0.25, 0.3) is 0 Å². The van der Waals surface area contributed by atoms with Gasteiger partial charge in [0.05, 0.1) is 6.10 Å². The molecule has 0 amide bonds. The molecule has 1 heterocycles. The Bertz CT molecular complexity index is 228. The van der Waals surface area contributed by atoms with Gasteiger partial charge in [-0.05, 0) is 13.8 Å². The van der Waals surface area contributed by atoms with Crippen LogP contribution in [0.2, 0.25) is 0 Å². The summed E-state index contributed by atoms with van der Waals surface area (Å²) in [5, 5.41) is 7.24. The van der Waals surface area contributed by atoms with Gasteiger partial charge in [-0.25, -0.2) is 0 Å². The molecule has 0 bridgehead atoms. The molecule has 13 heavy (non-hydrogen) atoms. The smallest absolute Gasteiger partial charge is 0.265 e. The monoisotopic (exact) mass is 245 g/mol. The zero-order valence-corrected chi connectivity index (χ0v) is 9.50. The first-order valence-corrected chi connectivity index (χ1v) is 4.85. The molecule has 1 aliphatic rings. The van der Waals surface area contributed by atoms with Gasteiger partial charge in [0.25, 0.3) is 3.79 Å². The van der Waals surface area contributed by atoms with Crippen molar-refractivity contribution in [1.29, 1.82) is 5.41 Å². The SMILES string of the molecule is C[C@@H]1O[C@@]1(C)COC(=N)C(Cl)(Cl)Cl. The molecule has 1 fully saturated rings. The first-order valence-electron chi connectivity index (χ1n) is 3.72. The van der Waals surface area contributed by atoms with Gasteiger partial charge in [-0.2, -0.15) is 0 Å². The summed E-state index contributed by atoms with van der Waals surface area (Å²) in [4.78, 5) is 0. The average molecular weight is 247 g/mol. The van der Waals surface area contributed by atoms with Crippen LogP contribution in [-0.2, 0) is 9.47 Å². The van der Waals surface area contributed by atoms with Crippen molar-refractivity contribution in [3.8, 4) is 0 Å². The molecule has 0 spiro atoms. The number of nitrogens with one attached hydrogen (secondary N) is 1. The summed E-state index contributed by atoms with van der Waals surface area (Å²) in [5.74, 6) is -0.374. The molecule has 0 aliphatic carbocycles. The predicted molar refractivity (Wildman–Crippen MR) is 52.9 cm³/mol. The Morgan fingerprint density at radius 2 is 2.08 bits per heavy atom. The first-order chi connectivity index (χ1) is 5.76. The zero-order valence-electron chi connectivity index (χ0n) is 7.23. The maximum atomic E-state index is 7.24. The van der Waals surface area contributed by atoms with Crippen LogP contribution < -0.4 is 0 Å². The third kappa shape index (κ3) is 2.88. The van der Waals surface area contributed by atoms with Crippen molar-refractivity contribution in [2.75, 3.05) is 6.61 Å². The van der Waals surface area contributed by atoms with E-state index >= 15 is 0 Å². The van der Waals surface area contributed by atoms with Gasteiger partial charge in [-0.15, -0.1) is 0 Å². The fourth-order valence-electron chi connectivity index (χ4n) is 0.818. The second-order valence-corrected chi connectivity index (χ2v) is 5.47. The predicted octanol–water partition coefficient (Wildman–Crippen LogP) is 2.53. The van der Waals surface area contributed by atoms with E-state index in [1.54, 1.807) is 0 Å². The molecule has 0 radical (unpaired) electrons. The zero-order chi connectivity index (χ0) is 10.3. The highest BCUT2D eigenvalue weighted by Gasteiger charge is 2.50. The highest BCUT2D eigenvalue weighted by molar-refractivity contribution is 6.76. The maximum Gasteiger partial charge on any atom is 0.265 e. The van der Waals surface area contributed by atoms with Crippen molar-refractivity contribution in [3.63, 3.8) is 0 Å². The van der Waals surface area contributed by atoms with Gasteiger partial charge in [-0.1, -0.05) is 34.8 Å². The van der Waals surface area contributed by atoms with Gasteiger partial charge in [0.2, 0.25) is 5.90 Å². The summed E-state index contributed by atoms with van der Waals surface area (Å²) in [6.07, 6.45) is 0.135. The minimum atomic E-state index is -1.78. The van der Waals surface area contributed by atoms with E-state index in [0.717, 1.165) is 0 Å². The minimum Gasteiger partial charge on any atom is -0.475 e. The van der Waals surface area contributed by atoms with E-state index < -0.39 is 3.79 Å². The molecule has 0 aromatic rings. The maximum absolute atomic E-state index is 7.24. The van der Waals surface area contributed by atoms with Crippen LogP contribution in [0.5, 0.6) is 0 Å². The largest absolute Gasteiger partial charge is 0.475 e. The first kappa shape index (κ1) is 11.4. The molecule has 2 atom stereocenters. The number of epoxide rings is 1. The Labute approximate surface area is 91.7 Å². The molecule has 76 valence electrons. The van der Waals surface area contributed by atoms with Gasteiger partial charge in [0.15, 0.2) is 0 Å². The van der Waals surface area contributed by atoms with Crippen molar-refractivity contribution in [3.05, 3.63) is 0 Å².